The van der Waals surface area contributed by atoms with Gasteiger partial charge in [0.1, 0.15) is 11.6 Å². The fourth-order valence-electron chi connectivity index (χ4n) is 3.16. The molecule has 2 N–H and O–H groups in total. The number of hydrogen-bond donors (Lipinski definition) is 2. The van der Waals surface area contributed by atoms with E-state index in [-0.39, 0.29) is 5.82 Å². The molecule has 0 aliphatic heterocycles. The molecule has 2 rings (SSSR count). The number of rotatable bonds is 11. The number of unbranched alkanes of at least 4 members (excludes halogenated alkanes) is 1. The molecule has 1 aromatic carbocycles. The van der Waals surface area contributed by atoms with Crippen molar-refractivity contribution >= 4 is 5.96 Å². The van der Waals surface area contributed by atoms with Crippen LogP contribution in [0.4, 0.5) is 4.39 Å². The van der Waals surface area contributed by atoms with Gasteiger partial charge in [0.15, 0.2) is 5.96 Å². The van der Waals surface area contributed by atoms with Gasteiger partial charge in [0.05, 0.1) is 6.61 Å². The van der Waals surface area contributed by atoms with Crippen molar-refractivity contribution in [3.05, 3.63) is 30.1 Å². The second-order valence-corrected chi connectivity index (χ2v) is 6.96. The van der Waals surface area contributed by atoms with Crippen LogP contribution in [0.5, 0.6) is 5.75 Å². The van der Waals surface area contributed by atoms with E-state index in [1.165, 1.54) is 31.4 Å². The first-order valence-corrected chi connectivity index (χ1v) is 9.49. The van der Waals surface area contributed by atoms with Crippen LogP contribution in [0.1, 0.15) is 38.5 Å². The number of benzene rings is 1. The third-order valence-corrected chi connectivity index (χ3v) is 5.05. The number of guanidine groups is 1. The Balaban J connectivity index is 1.56. The molecular formula is C20H32FN3O2. The van der Waals surface area contributed by atoms with Crippen molar-refractivity contribution in [3.63, 3.8) is 0 Å². The van der Waals surface area contributed by atoms with E-state index in [1.54, 1.807) is 26.3 Å². The summed E-state index contributed by atoms with van der Waals surface area (Å²) in [6, 6.07) is 6.13. The Morgan fingerprint density at radius 2 is 1.92 bits per heavy atom. The molecule has 5 nitrogen and oxygen atoms in total. The predicted octanol–water partition coefficient (Wildman–Crippen LogP) is 3.36. The Morgan fingerprint density at radius 3 is 2.54 bits per heavy atom. The average Bonchev–Trinajstić information content (AvgIpc) is 2.63. The van der Waals surface area contributed by atoms with Crippen molar-refractivity contribution in [2.75, 3.05) is 40.5 Å². The number of nitrogens with zero attached hydrogens (tertiary/aromatic N) is 1. The highest BCUT2D eigenvalue weighted by Gasteiger charge is 2.36. The maximum absolute atomic E-state index is 12.8. The van der Waals surface area contributed by atoms with Crippen molar-refractivity contribution < 1.29 is 13.9 Å². The summed E-state index contributed by atoms with van der Waals surface area (Å²) in [4.78, 5) is 4.30. The molecule has 0 unspecified atom stereocenters. The molecule has 6 heteroatoms. The summed E-state index contributed by atoms with van der Waals surface area (Å²) in [5.74, 6) is 1.32. The van der Waals surface area contributed by atoms with Crippen LogP contribution in [0.25, 0.3) is 0 Å². The molecule has 0 bridgehead atoms. The van der Waals surface area contributed by atoms with Crippen LogP contribution < -0.4 is 15.4 Å². The van der Waals surface area contributed by atoms with Crippen molar-refractivity contribution in [1.29, 1.82) is 0 Å². The van der Waals surface area contributed by atoms with E-state index in [0.717, 1.165) is 44.9 Å². The normalized spacial score (nSPS) is 16.0. The Bertz CT molecular complexity index is 544. The SMILES string of the molecule is CN=C(NCCCCOc1ccc(F)cc1)NCC1(CCOC)CCC1. The van der Waals surface area contributed by atoms with Gasteiger partial charge in [-0.25, -0.2) is 4.39 Å². The van der Waals surface area contributed by atoms with Gasteiger partial charge in [-0.3, -0.25) is 4.99 Å². The van der Waals surface area contributed by atoms with Gasteiger partial charge in [-0.15, -0.1) is 0 Å². The Kier molecular flexibility index (Phi) is 8.68. The summed E-state index contributed by atoms with van der Waals surface area (Å²) < 4.78 is 23.7. The Hall–Kier alpha value is -1.82. The molecular weight excluding hydrogens is 333 g/mol. The number of methoxy groups -OCH3 is 1. The van der Waals surface area contributed by atoms with E-state index in [2.05, 4.69) is 15.6 Å². The first-order chi connectivity index (χ1) is 12.7. The molecule has 0 radical (unpaired) electrons. The van der Waals surface area contributed by atoms with E-state index in [4.69, 9.17) is 9.47 Å². The number of hydrogen-bond acceptors (Lipinski definition) is 3. The van der Waals surface area contributed by atoms with Gasteiger partial charge >= 0.3 is 0 Å². The molecule has 0 saturated heterocycles. The average molecular weight is 365 g/mol. The third-order valence-electron chi connectivity index (χ3n) is 5.05. The Labute approximate surface area is 156 Å². The summed E-state index contributed by atoms with van der Waals surface area (Å²) in [5.41, 5.74) is 0.372. The van der Waals surface area contributed by atoms with Gasteiger partial charge in [0.2, 0.25) is 0 Å². The fraction of sp³-hybridized carbons (Fsp3) is 0.650. The highest BCUT2D eigenvalue weighted by molar-refractivity contribution is 5.79. The van der Waals surface area contributed by atoms with Crippen LogP contribution in [0.15, 0.2) is 29.3 Å². The van der Waals surface area contributed by atoms with E-state index >= 15 is 0 Å². The quantitative estimate of drug-likeness (QED) is 0.359. The number of ether oxygens (including phenoxy) is 2. The van der Waals surface area contributed by atoms with Crippen molar-refractivity contribution in [2.45, 2.75) is 38.5 Å². The lowest BCUT2D eigenvalue weighted by molar-refractivity contribution is 0.0732. The molecule has 0 atom stereocenters. The standard InChI is InChI=1S/C20H32FN3O2/c1-22-19(24-16-20(10-5-11-20)12-15-25-2)23-13-3-4-14-26-18-8-6-17(21)7-9-18/h6-9H,3-5,10-16H2,1-2H3,(H2,22,23,24). The maximum atomic E-state index is 12.8. The van der Waals surface area contributed by atoms with Gasteiger partial charge in [-0.1, -0.05) is 6.42 Å². The highest BCUT2D eigenvalue weighted by atomic mass is 19.1. The van der Waals surface area contributed by atoms with Crippen molar-refractivity contribution in [2.24, 2.45) is 10.4 Å². The van der Waals surface area contributed by atoms with Gasteiger partial charge in [-0.2, -0.15) is 0 Å². The zero-order valence-electron chi connectivity index (χ0n) is 16.0. The maximum Gasteiger partial charge on any atom is 0.190 e. The molecule has 0 amide bonds. The fourth-order valence-corrected chi connectivity index (χ4v) is 3.16. The summed E-state index contributed by atoms with van der Waals surface area (Å²) in [6.07, 6.45) is 6.86. The van der Waals surface area contributed by atoms with Crippen LogP contribution in [0, 0.1) is 11.2 Å². The van der Waals surface area contributed by atoms with Crippen LogP contribution >= 0.6 is 0 Å². The molecule has 146 valence electrons. The molecule has 26 heavy (non-hydrogen) atoms. The minimum absolute atomic E-state index is 0.244. The second-order valence-electron chi connectivity index (χ2n) is 6.96. The van der Waals surface area contributed by atoms with E-state index < -0.39 is 0 Å². The lowest BCUT2D eigenvalue weighted by Gasteiger charge is -2.42. The topological polar surface area (TPSA) is 54.9 Å². The molecule has 1 saturated carbocycles. The van der Waals surface area contributed by atoms with E-state index in [1.807, 2.05) is 0 Å². The number of aliphatic imine (C=N–C) groups is 1. The molecule has 0 heterocycles. The third kappa shape index (κ3) is 6.83. The van der Waals surface area contributed by atoms with Gasteiger partial charge in [-0.05, 0) is 61.8 Å². The molecule has 1 aromatic rings. The molecule has 1 aliphatic carbocycles. The minimum Gasteiger partial charge on any atom is -0.494 e. The van der Waals surface area contributed by atoms with Crippen LogP contribution in [0.2, 0.25) is 0 Å². The molecule has 0 aromatic heterocycles. The summed E-state index contributed by atoms with van der Waals surface area (Å²) in [7, 11) is 3.57. The van der Waals surface area contributed by atoms with Crippen molar-refractivity contribution in [3.8, 4) is 5.75 Å². The molecule has 0 spiro atoms. The number of nitrogens with one attached hydrogen (secondary N) is 2. The lowest BCUT2D eigenvalue weighted by atomic mass is 9.67. The Morgan fingerprint density at radius 1 is 1.15 bits per heavy atom. The summed E-state index contributed by atoms with van der Waals surface area (Å²) in [6.45, 7) is 3.24. The van der Waals surface area contributed by atoms with Gasteiger partial charge in [0.25, 0.3) is 0 Å². The minimum atomic E-state index is -0.244. The van der Waals surface area contributed by atoms with E-state index in [9.17, 15) is 4.39 Å². The van der Waals surface area contributed by atoms with E-state index in [0.29, 0.717) is 17.8 Å². The summed E-state index contributed by atoms with van der Waals surface area (Å²) >= 11 is 0. The second kappa shape index (κ2) is 11.0. The van der Waals surface area contributed by atoms with Crippen LogP contribution in [0.3, 0.4) is 0 Å². The number of halogens is 1. The highest BCUT2D eigenvalue weighted by Crippen LogP contribution is 2.43. The monoisotopic (exact) mass is 365 g/mol. The van der Waals surface area contributed by atoms with Crippen LogP contribution in [-0.4, -0.2) is 46.4 Å². The smallest absolute Gasteiger partial charge is 0.190 e. The van der Waals surface area contributed by atoms with Crippen molar-refractivity contribution in [1.82, 2.24) is 10.6 Å². The zero-order chi connectivity index (χ0) is 18.7. The molecule has 1 fully saturated rings. The lowest BCUT2D eigenvalue weighted by Crippen LogP contribution is -2.47. The summed E-state index contributed by atoms with van der Waals surface area (Å²) in [5, 5.41) is 6.81. The first-order valence-electron chi connectivity index (χ1n) is 9.49. The van der Waals surface area contributed by atoms with Gasteiger partial charge in [0, 0.05) is 33.9 Å². The zero-order valence-corrected chi connectivity index (χ0v) is 16.0. The van der Waals surface area contributed by atoms with Gasteiger partial charge < -0.3 is 20.1 Å². The first kappa shape index (κ1) is 20.5. The molecule has 1 aliphatic rings. The predicted molar refractivity (Wildman–Crippen MR) is 103 cm³/mol. The van der Waals surface area contributed by atoms with Crippen LogP contribution in [-0.2, 0) is 4.74 Å². The largest absolute Gasteiger partial charge is 0.494 e.